The van der Waals surface area contributed by atoms with E-state index in [-0.39, 0.29) is 17.1 Å². The van der Waals surface area contributed by atoms with E-state index in [0.717, 1.165) is 0 Å². The summed E-state index contributed by atoms with van der Waals surface area (Å²) in [6.07, 6.45) is 1.40. The Morgan fingerprint density at radius 2 is 1.69 bits per heavy atom. The number of halogens is 2. The zero-order valence-corrected chi connectivity index (χ0v) is 15.4. The first-order valence-corrected chi connectivity index (χ1v) is 8.40. The highest BCUT2D eigenvalue weighted by atomic mass is 19.3. The standard InChI is InChI=1S/C20H18F2N2O5/c1-13(25)23-16(11-14-7-3-2-4-8-14)19(27)28-12-18(26)24-15-9-5-6-10-17(15)29-20(21)22/h2-11,20H,12H2,1H3,(H,23,25)(H,24,26)/b16-11+. The van der Waals surface area contributed by atoms with Crippen LogP contribution in [0.5, 0.6) is 5.75 Å². The molecule has 0 spiro atoms. The summed E-state index contributed by atoms with van der Waals surface area (Å²) in [6, 6.07) is 14.3. The Bertz CT molecular complexity index is 901. The lowest BCUT2D eigenvalue weighted by Crippen LogP contribution is -2.29. The van der Waals surface area contributed by atoms with E-state index < -0.39 is 31.0 Å². The van der Waals surface area contributed by atoms with Crippen LogP contribution in [0.3, 0.4) is 0 Å². The van der Waals surface area contributed by atoms with Crippen LogP contribution in [-0.2, 0) is 19.1 Å². The van der Waals surface area contributed by atoms with Crippen molar-refractivity contribution >= 4 is 29.5 Å². The summed E-state index contributed by atoms with van der Waals surface area (Å²) < 4.78 is 34.1. The zero-order valence-electron chi connectivity index (χ0n) is 15.4. The molecule has 0 radical (unpaired) electrons. The van der Waals surface area contributed by atoms with Crippen LogP contribution in [0.15, 0.2) is 60.3 Å². The second-order valence-corrected chi connectivity index (χ2v) is 5.65. The van der Waals surface area contributed by atoms with Gasteiger partial charge >= 0.3 is 12.6 Å². The highest BCUT2D eigenvalue weighted by Crippen LogP contribution is 2.25. The van der Waals surface area contributed by atoms with E-state index in [0.29, 0.717) is 5.56 Å². The normalized spacial score (nSPS) is 11.0. The summed E-state index contributed by atoms with van der Waals surface area (Å²) in [5, 5.41) is 4.66. The number of nitrogens with one attached hydrogen (secondary N) is 2. The highest BCUT2D eigenvalue weighted by molar-refractivity contribution is 6.00. The van der Waals surface area contributed by atoms with E-state index in [1.54, 1.807) is 30.3 Å². The fourth-order valence-electron chi connectivity index (χ4n) is 2.22. The predicted octanol–water partition coefficient (Wildman–Crippen LogP) is 2.95. The molecule has 2 amide bonds. The number of esters is 1. The molecule has 0 heterocycles. The number of anilines is 1. The summed E-state index contributed by atoms with van der Waals surface area (Å²) in [7, 11) is 0. The van der Waals surface area contributed by atoms with E-state index in [9.17, 15) is 23.2 Å². The van der Waals surface area contributed by atoms with Crippen LogP contribution in [0.4, 0.5) is 14.5 Å². The quantitative estimate of drug-likeness (QED) is 0.521. The molecule has 0 fully saturated rings. The molecule has 0 saturated heterocycles. The van der Waals surface area contributed by atoms with Crippen LogP contribution in [0.2, 0.25) is 0 Å². The van der Waals surface area contributed by atoms with Gasteiger partial charge in [-0.2, -0.15) is 8.78 Å². The molecule has 0 aliphatic rings. The highest BCUT2D eigenvalue weighted by Gasteiger charge is 2.16. The fraction of sp³-hybridized carbons (Fsp3) is 0.150. The van der Waals surface area contributed by atoms with E-state index in [1.165, 1.54) is 37.3 Å². The topological polar surface area (TPSA) is 93.7 Å². The second-order valence-electron chi connectivity index (χ2n) is 5.65. The van der Waals surface area contributed by atoms with Gasteiger partial charge in [-0.15, -0.1) is 0 Å². The van der Waals surface area contributed by atoms with Crippen LogP contribution in [0.25, 0.3) is 6.08 Å². The lowest BCUT2D eigenvalue weighted by Gasteiger charge is -2.12. The maximum atomic E-state index is 12.4. The monoisotopic (exact) mass is 404 g/mol. The van der Waals surface area contributed by atoms with Crippen LogP contribution in [0, 0.1) is 0 Å². The Labute approximate surface area is 165 Å². The van der Waals surface area contributed by atoms with Crippen molar-refractivity contribution < 1.29 is 32.6 Å². The van der Waals surface area contributed by atoms with Crippen molar-refractivity contribution in [3.05, 3.63) is 65.9 Å². The summed E-state index contributed by atoms with van der Waals surface area (Å²) in [6.45, 7) is -2.54. The summed E-state index contributed by atoms with van der Waals surface area (Å²) in [4.78, 5) is 35.6. The zero-order chi connectivity index (χ0) is 21.2. The van der Waals surface area contributed by atoms with Gasteiger partial charge < -0.3 is 20.1 Å². The van der Waals surface area contributed by atoms with Crippen molar-refractivity contribution in [3.63, 3.8) is 0 Å². The third-order valence-electron chi connectivity index (χ3n) is 3.35. The predicted molar refractivity (Wildman–Crippen MR) is 101 cm³/mol. The molecule has 2 aromatic rings. The molecule has 0 aliphatic heterocycles. The average Bonchev–Trinajstić information content (AvgIpc) is 2.67. The molecule has 2 N–H and O–H groups in total. The minimum atomic E-state index is -3.06. The Balaban J connectivity index is 2.02. The minimum Gasteiger partial charge on any atom is -0.451 e. The largest absolute Gasteiger partial charge is 0.451 e. The molecule has 7 nitrogen and oxygen atoms in total. The first kappa shape index (κ1) is 21.5. The number of ether oxygens (including phenoxy) is 2. The number of amides is 2. The van der Waals surface area contributed by atoms with Gasteiger partial charge in [-0.25, -0.2) is 4.79 Å². The molecule has 0 aromatic heterocycles. The van der Waals surface area contributed by atoms with Gasteiger partial charge in [-0.3, -0.25) is 9.59 Å². The van der Waals surface area contributed by atoms with Crippen LogP contribution in [-0.4, -0.2) is 31.0 Å². The van der Waals surface area contributed by atoms with Crippen LogP contribution < -0.4 is 15.4 Å². The number of hydrogen-bond donors (Lipinski definition) is 2. The van der Waals surface area contributed by atoms with Crippen LogP contribution >= 0.6 is 0 Å². The number of carbonyl (C=O) groups excluding carboxylic acids is 3. The molecule has 29 heavy (non-hydrogen) atoms. The lowest BCUT2D eigenvalue weighted by molar-refractivity contribution is -0.144. The number of benzene rings is 2. The number of carbonyl (C=O) groups is 3. The SMILES string of the molecule is CC(=O)N/C(=C/c1ccccc1)C(=O)OCC(=O)Nc1ccccc1OC(F)F. The molecule has 9 heteroatoms. The fourth-order valence-corrected chi connectivity index (χ4v) is 2.22. The molecule has 152 valence electrons. The number of para-hydroxylation sites is 2. The van der Waals surface area contributed by atoms with Crippen molar-refractivity contribution in [2.75, 3.05) is 11.9 Å². The Morgan fingerprint density at radius 1 is 1.03 bits per heavy atom. The van der Waals surface area contributed by atoms with Crippen molar-refractivity contribution in [3.8, 4) is 5.75 Å². The molecule has 0 saturated carbocycles. The van der Waals surface area contributed by atoms with E-state index in [4.69, 9.17) is 4.74 Å². The number of hydrogen-bond acceptors (Lipinski definition) is 5. The van der Waals surface area contributed by atoms with Gasteiger partial charge in [-0.1, -0.05) is 42.5 Å². The van der Waals surface area contributed by atoms with Gasteiger partial charge in [0, 0.05) is 6.92 Å². The van der Waals surface area contributed by atoms with E-state index in [2.05, 4.69) is 15.4 Å². The minimum absolute atomic E-state index is 0.00392. The summed E-state index contributed by atoms with van der Waals surface area (Å²) >= 11 is 0. The van der Waals surface area contributed by atoms with Crippen molar-refractivity contribution in [2.24, 2.45) is 0 Å². The first-order valence-electron chi connectivity index (χ1n) is 8.40. The van der Waals surface area contributed by atoms with Crippen molar-refractivity contribution in [2.45, 2.75) is 13.5 Å². The average molecular weight is 404 g/mol. The third kappa shape index (κ3) is 7.41. The van der Waals surface area contributed by atoms with E-state index >= 15 is 0 Å². The van der Waals surface area contributed by atoms with Gasteiger partial charge in [0.2, 0.25) is 5.91 Å². The van der Waals surface area contributed by atoms with Gasteiger partial charge in [0.25, 0.3) is 5.91 Å². The van der Waals surface area contributed by atoms with Gasteiger partial charge in [0.15, 0.2) is 6.61 Å². The third-order valence-corrected chi connectivity index (χ3v) is 3.35. The van der Waals surface area contributed by atoms with Crippen molar-refractivity contribution in [1.29, 1.82) is 0 Å². The maximum absolute atomic E-state index is 12.4. The van der Waals surface area contributed by atoms with Gasteiger partial charge in [-0.05, 0) is 23.8 Å². The first-order chi connectivity index (χ1) is 13.8. The molecule has 2 aromatic carbocycles. The number of rotatable bonds is 8. The van der Waals surface area contributed by atoms with Gasteiger partial charge in [0.1, 0.15) is 11.4 Å². The molecular weight excluding hydrogens is 386 g/mol. The summed E-state index contributed by atoms with van der Waals surface area (Å²) in [5.74, 6) is -2.43. The smallest absolute Gasteiger partial charge is 0.387 e. The molecule has 0 aliphatic carbocycles. The number of alkyl halides is 2. The molecule has 2 rings (SSSR count). The maximum Gasteiger partial charge on any atom is 0.387 e. The Morgan fingerprint density at radius 3 is 2.34 bits per heavy atom. The lowest BCUT2D eigenvalue weighted by atomic mass is 10.2. The summed E-state index contributed by atoms with van der Waals surface area (Å²) in [5.41, 5.74) is 0.476. The van der Waals surface area contributed by atoms with Gasteiger partial charge in [0.05, 0.1) is 5.69 Å². The second kappa shape index (κ2) is 10.5. The van der Waals surface area contributed by atoms with E-state index in [1.807, 2.05) is 0 Å². The Hall–Kier alpha value is -3.75. The van der Waals surface area contributed by atoms with Crippen LogP contribution in [0.1, 0.15) is 12.5 Å². The Kier molecular flexibility index (Phi) is 7.84. The molecule has 0 bridgehead atoms. The molecule has 0 unspecified atom stereocenters. The van der Waals surface area contributed by atoms with Crippen molar-refractivity contribution in [1.82, 2.24) is 5.32 Å². The molecule has 0 atom stereocenters. The molecular formula is C20H18F2N2O5.